The molecule has 0 spiro atoms. The molecule has 0 radical (unpaired) electrons. The molecule has 1 aromatic rings. The Morgan fingerprint density at radius 1 is 1.47 bits per heavy atom. The second-order valence-electron chi connectivity index (χ2n) is 5.31. The number of hydrogen-bond donors (Lipinski definition) is 1. The van der Waals surface area contributed by atoms with E-state index in [0.717, 1.165) is 25.1 Å². The fourth-order valence-electron chi connectivity index (χ4n) is 2.67. The van der Waals surface area contributed by atoms with Gasteiger partial charge in [0.05, 0.1) is 11.0 Å². The van der Waals surface area contributed by atoms with E-state index in [1.807, 2.05) is 13.0 Å². The van der Waals surface area contributed by atoms with Gasteiger partial charge in [-0.1, -0.05) is 12.1 Å². The molecule has 1 aliphatic heterocycles. The van der Waals surface area contributed by atoms with Gasteiger partial charge in [0.25, 0.3) is 5.69 Å². The summed E-state index contributed by atoms with van der Waals surface area (Å²) in [5.41, 5.74) is 1.09. The second kappa shape index (κ2) is 5.67. The maximum absolute atomic E-state index is 10.8. The Morgan fingerprint density at radius 2 is 2.21 bits per heavy atom. The van der Waals surface area contributed by atoms with Crippen LogP contribution in [-0.4, -0.2) is 34.1 Å². The zero-order valence-electron chi connectivity index (χ0n) is 11.3. The Balaban J connectivity index is 2.10. The van der Waals surface area contributed by atoms with Gasteiger partial charge in [0.2, 0.25) is 0 Å². The third-order valence-corrected chi connectivity index (χ3v) is 4.05. The summed E-state index contributed by atoms with van der Waals surface area (Å²) >= 11 is 0. The molecule has 1 N–H and O–H groups in total. The first kappa shape index (κ1) is 14.0. The molecule has 0 amide bonds. The Hall–Kier alpha value is -1.46. The van der Waals surface area contributed by atoms with Gasteiger partial charge in [0.15, 0.2) is 0 Å². The van der Waals surface area contributed by atoms with Crippen LogP contribution in [0.5, 0.6) is 0 Å². The zero-order chi connectivity index (χ0) is 14.0. The van der Waals surface area contributed by atoms with Crippen LogP contribution in [0.3, 0.4) is 0 Å². The van der Waals surface area contributed by atoms with Crippen LogP contribution in [0, 0.1) is 16.0 Å². The molecule has 5 heteroatoms. The molecule has 3 unspecified atom stereocenters. The number of aliphatic hydroxyl groups excluding tert-OH is 1. The molecule has 19 heavy (non-hydrogen) atoms. The number of rotatable bonds is 4. The van der Waals surface area contributed by atoms with E-state index in [1.54, 1.807) is 12.1 Å². The number of hydrogen-bond acceptors (Lipinski definition) is 4. The fraction of sp³-hybridized carbons (Fsp3) is 0.571. The van der Waals surface area contributed by atoms with Gasteiger partial charge in [-0.15, -0.1) is 0 Å². The molecule has 0 aromatic heterocycles. The van der Waals surface area contributed by atoms with Gasteiger partial charge in [0, 0.05) is 24.7 Å². The maximum Gasteiger partial charge on any atom is 0.269 e. The summed E-state index contributed by atoms with van der Waals surface area (Å²) in [6, 6.07) is 6.95. The van der Waals surface area contributed by atoms with Crippen LogP contribution in [0.1, 0.15) is 31.9 Å². The lowest BCUT2D eigenvalue weighted by molar-refractivity contribution is -0.384. The zero-order valence-corrected chi connectivity index (χ0v) is 11.3. The fourth-order valence-corrected chi connectivity index (χ4v) is 2.67. The van der Waals surface area contributed by atoms with Crippen molar-refractivity contribution < 1.29 is 10.0 Å². The minimum Gasteiger partial charge on any atom is -0.393 e. The molecule has 1 fully saturated rings. The number of nitro groups is 1. The van der Waals surface area contributed by atoms with Crippen molar-refractivity contribution in [2.24, 2.45) is 5.92 Å². The molecule has 0 bridgehead atoms. The van der Waals surface area contributed by atoms with Crippen LogP contribution >= 0.6 is 0 Å². The van der Waals surface area contributed by atoms with Gasteiger partial charge in [0.1, 0.15) is 0 Å². The number of nitrogens with zero attached hydrogens (tertiary/aromatic N) is 2. The highest BCUT2D eigenvalue weighted by Gasteiger charge is 2.29. The lowest BCUT2D eigenvalue weighted by Gasteiger charge is -2.25. The Bertz CT molecular complexity index is 462. The summed E-state index contributed by atoms with van der Waals surface area (Å²) in [5, 5.41) is 20.4. The van der Waals surface area contributed by atoms with Crippen molar-refractivity contribution in [2.45, 2.75) is 32.4 Å². The van der Waals surface area contributed by atoms with E-state index in [4.69, 9.17) is 0 Å². The average molecular weight is 264 g/mol. The molecule has 3 atom stereocenters. The monoisotopic (exact) mass is 264 g/mol. The van der Waals surface area contributed by atoms with E-state index in [2.05, 4.69) is 11.8 Å². The second-order valence-corrected chi connectivity index (χ2v) is 5.31. The van der Waals surface area contributed by atoms with Crippen LogP contribution in [0.15, 0.2) is 24.3 Å². The standard InChI is InChI=1S/C14H20N2O3/c1-10(15-7-6-13(9-15)11(2)17)12-4-3-5-14(8-12)16(18)19/h3-5,8,10-11,13,17H,6-7,9H2,1-2H3. The molecule has 5 nitrogen and oxygen atoms in total. The third kappa shape index (κ3) is 3.11. The highest BCUT2D eigenvalue weighted by Crippen LogP contribution is 2.30. The molecule has 2 rings (SSSR count). The highest BCUT2D eigenvalue weighted by atomic mass is 16.6. The largest absolute Gasteiger partial charge is 0.393 e. The van der Waals surface area contributed by atoms with E-state index in [9.17, 15) is 15.2 Å². The van der Waals surface area contributed by atoms with E-state index in [-0.39, 0.29) is 22.8 Å². The molecular formula is C14H20N2O3. The SMILES string of the molecule is CC(O)C1CCN(C(C)c2cccc([N+](=O)[O-])c2)C1. The van der Waals surface area contributed by atoms with Crippen molar-refractivity contribution in [1.82, 2.24) is 4.90 Å². The van der Waals surface area contributed by atoms with Crippen molar-refractivity contribution in [3.8, 4) is 0 Å². The molecule has 0 saturated carbocycles. The van der Waals surface area contributed by atoms with Gasteiger partial charge in [-0.2, -0.15) is 0 Å². The van der Waals surface area contributed by atoms with Crippen LogP contribution < -0.4 is 0 Å². The molecule has 1 aliphatic rings. The van der Waals surface area contributed by atoms with Crippen molar-refractivity contribution in [2.75, 3.05) is 13.1 Å². The summed E-state index contributed by atoms with van der Waals surface area (Å²) in [6.07, 6.45) is 0.694. The van der Waals surface area contributed by atoms with Gasteiger partial charge < -0.3 is 5.11 Å². The third-order valence-electron chi connectivity index (χ3n) is 4.05. The van der Waals surface area contributed by atoms with Gasteiger partial charge >= 0.3 is 0 Å². The van der Waals surface area contributed by atoms with E-state index >= 15 is 0 Å². The maximum atomic E-state index is 10.8. The molecule has 104 valence electrons. The smallest absolute Gasteiger partial charge is 0.269 e. The number of likely N-dealkylation sites (tertiary alicyclic amines) is 1. The van der Waals surface area contributed by atoms with Crippen molar-refractivity contribution >= 4 is 5.69 Å². The molecule has 1 saturated heterocycles. The molecular weight excluding hydrogens is 244 g/mol. The molecule has 0 aliphatic carbocycles. The minimum absolute atomic E-state index is 0.135. The Morgan fingerprint density at radius 3 is 2.79 bits per heavy atom. The summed E-state index contributed by atoms with van der Waals surface area (Å²) in [6.45, 7) is 5.66. The van der Waals surface area contributed by atoms with Crippen molar-refractivity contribution in [3.63, 3.8) is 0 Å². The predicted molar refractivity (Wildman–Crippen MR) is 72.9 cm³/mol. The van der Waals surface area contributed by atoms with Crippen molar-refractivity contribution in [1.29, 1.82) is 0 Å². The predicted octanol–water partition coefficient (Wildman–Crippen LogP) is 2.36. The number of nitro benzene ring substituents is 1. The summed E-state index contributed by atoms with van der Waals surface area (Å²) in [4.78, 5) is 12.7. The topological polar surface area (TPSA) is 66.6 Å². The first-order valence-corrected chi connectivity index (χ1v) is 6.65. The average Bonchev–Trinajstić information content (AvgIpc) is 2.87. The summed E-state index contributed by atoms with van der Waals surface area (Å²) in [7, 11) is 0. The summed E-state index contributed by atoms with van der Waals surface area (Å²) in [5.74, 6) is 0.307. The Kier molecular flexibility index (Phi) is 4.17. The Labute approximate surface area is 113 Å². The quantitative estimate of drug-likeness (QED) is 0.669. The van der Waals surface area contributed by atoms with E-state index in [1.165, 1.54) is 6.07 Å². The summed E-state index contributed by atoms with van der Waals surface area (Å²) < 4.78 is 0. The normalized spacial score (nSPS) is 23.2. The van der Waals surface area contributed by atoms with Gasteiger partial charge in [-0.05, 0) is 38.3 Å². The highest BCUT2D eigenvalue weighted by molar-refractivity contribution is 5.35. The number of benzene rings is 1. The lowest BCUT2D eigenvalue weighted by Crippen LogP contribution is -2.27. The van der Waals surface area contributed by atoms with Crippen LogP contribution in [0.4, 0.5) is 5.69 Å². The van der Waals surface area contributed by atoms with E-state index in [0.29, 0.717) is 5.92 Å². The minimum atomic E-state index is -0.362. The molecule has 1 aromatic carbocycles. The number of non-ortho nitro benzene ring substituents is 1. The lowest BCUT2D eigenvalue weighted by atomic mass is 10.0. The van der Waals surface area contributed by atoms with Crippen molar-refractivity contribution in [3.05, 3.63) is 39.9 Å². The number of aliphatic hydroxyl groups is 1. The van der Waals surface area contributed by atoms with Crippen LogP contribution in [-0.2, 0) is 0 Å². The molecule has 1 heterocycles. The van der Waals surface area contributed by atoms with Gasteiger partial charge in [-0.25, -0.2) is 0 Å². The van der Waals surface area contributed by atoms with E-state index < -0.39 is 0 Å². The first-order chi connectivity index (χ1) is 8.99. The first-order valence-electron chi connectivity index (χ1n) is 6.65. The van der Waals surface area contributed by atoms with Crippen LogP contribution in [0.2, 0.25) is 0 Å². The van der Waals surface area contributed by atoms with Gasteiger partial charge in [-0.3, -0.25) is 15.0 Å². The van der Waals surface area contributed by atoms with Crippen LogP contribution in [0.25, 0.3) is 0 Å².